The first-order chi connectivity index (χ1) is 14.1. The first-order valence-corrected chi connectivity index (χ1v) is 9.73. The van der Waals surface area contributed by atoms with Gasteiger partial charge in [-0.15, -0.1) is 0 Å². The number of nitrogens with zero attached hydrogens (tertiary/aromatic N) is 3. The van der Waals surface area contributed by atoms with Gasteiger partial charge in [-0.3, -0.25) is 4.99 Å². The molecule has 2 aromatic rings. The lowest BCUT2D eigenvalue weighted by molar-refractivity contribution is -0.108. The number of anilines is 2. The van der Waals surface area contributed by atoms with Crippen molar-refractivity contribution < 1.29 is 14.3 Å². The number of aldehydes is 1. The third-order valence-electron chi connectivity index (χ3n) is 5.53. The van der Waals surface area contributed by atoms with E-state index < -0.39 is 6.04 Å². The summed E-state index contributed by atoms with van der Waals surface area (Å²) in [5, 5.41) is 3.34. The fraction of sp³-hybridized carbons (Fsp3) is 0.364. The molecule has 0 bridgehead atoms. The van der Waals surface area contributed by atoms with Crippen LogP contribution in [0.15, 0.2) is 41.4 Å². The number of benzene rings is 2. The topological polar surface area (TPSA) is 66.4 Å². The SMILES string of the molecule is COc1cc2c(c(OC)c1)C(C=O)N=C(c1ccc(N3CCN(C)CC3)cc1)N2. The molecule has 4 rings (SSSR count). The Kier molecular flexibility index (Phi) is 5.40. The van der Waals surface area contributed by atoms with Gasteiger partial charge in [0.25, 0.3) is 0 Å². The highest BCUT2D eigenvalue weighted by Crippen LogP contribution is 2.40. The molecule has 0 aliphatic carbocycles. The van der Waals surface area contributed by atoms with E-state index in [1.807, 2.05) is 18.2 Å². The van der Waals surface area contributed by atoms with Gasteiger partial charge in [0.15, 0.2) is 0 Å². The van der Waals surface area contributed by atoms with Gasteiger partial charge in [0.05, 0.1) is 19.9 Å². The average molecular weight is 394 g/mol. The highest BCUT2D eigenvalue weighted by Gasteiger charge is 2.27. The van der Waals surface area contributed by atoms with Crippen LogP contribution in [0.5, 0.6) is 11.5 Å². The van der Waals surface area contributed by atoms with Crippen molar-refractivity contribution in [3.05, 3.63) is 47.5 Å². The summed E-state index contributed by atoms with van der Waals surface area (Å²) in [5.41, 5.74) is 3.63. The Hall–Kier alpha value is -3.06. The van der Waals surface area contributed by atoms with Crippen molar-refractivity contribution in [3.8, 4) is 11.5 Å². The Balaban J connectivity index is 1.62. The van der Waals surface area contributed by atoms with Gasteiger partial charge in [-0.25, -0.2) is 0 Å². The molecule has 1 saturated heterocycles. The maximum Gasteiger partial charge on any atom is 0.149 e. The smallest absolute Gasteiger partial charge is 0.149 e. The summed E-state index contributed by atoms with van der Waals surface area (Å²) >= 11 is 0. The predicted octanol–water partition coefficient (Wildman–Crippen LogP) is 2.57. The molecule has 0 saturated carbocycles. The van der Waals surface area contributed by atoms with E-state index in [9.17, 15) is 4.79 Å². The van der Waals surface area contributed by atoms with Gasteiger partial charge in [0.2, 0.25) is 0 Å². The summed E-state index contributed by atoms with van der Waals surface area (Å²) in [6.07, 6.45) is 0.841. The number of rotatable bonds is 5. The molecule has 1 N–H and O–H groups in total. The molecule has 2 aromatic carbocycles. The van der Waals surface area contributed by atoms with Crippen LogP contribution < -0.4 is 19.7 Å². The minimum atomic E-state index is -0.626. The Morgan fingerprint density at radius 2 is 1.79 bits per heavy atom. The van der Waals surface area contributed by atoms with Crippen LogP contribution in [0, 0.1) is 0 Å². The number of carbonyl (C=O) groups is 1. The Labute approximate surface area is 170 Å². The lowest BCUT2D eigenvalue weighted by Gasteiger charge is -2.34. The molecule has 2 aliphatic heterocycles. The summed E-state index contributed by atoms with van der Waals surface area (Å²) in [6, 6.07) is 11.3. The van der Waals surface area contributed by atoms with Crippen LogP contribution in [0.4, 0.5) is 11.4 Å². The van der Waals surface area contributed by atoms with Gasteiger partial charge in [-0.1, -0.05) is 0 Å². The van der Waals surface area contributed by atoms with Gasteiger partial charge in [0.1, 0.15) is 29.7 Å². The van der Waals surface area contributed by atoms with Crippen LogP contribution in [0.1, 0.15) is 17.2 Å². The van der Waals surface area contributed by atoms with Gasteiger partial charge in [-0.05, 0) is 31.3 Å². The summed E-state index contributed by atoms with van der Waals surface area (Å²) in [7, 11) is 5.33. The number of ether oxygens (including phenoxy) is 2. The molecule has 29 heavy (non-hydrogen) atoms. The third-order valence-corrected chi connectivity index (χ3v) is 5.53. The van der Waals surface area contributed by atoms with Crippen LogP contribution in [-0.4, -0.2) is 64.5 Å². The van der Waals surface area contributed by atoms with E-state index in [0.717, 1.165) is 49.3 Å². The number of hydrogen-bond acceptors (Lipinski definition) is 7. The van der Waals surface area contributed by atoms with E-state index in [0.29, 0.717) is 17.3 Å². The lowest BCUT2D eigenvalue weighted by Crippen LogP contribution is -2.44. The lowest BCUT2D eigenvalue weighted by atomic mass is 10.0. The van der Waals surface area contributed by atoms with Crippen molar-refractivity contribution in [3.63, 3.8) is 0 Å². The van der Waals surface area contributed by atoms with E-state index in [-0.39, 0.29) is 0 Å². The molecule has 0 amide bonds. The van der Waals surface area contributed by atoms with Crippen LogP contribution in [0.3, 0.4) is 0 Å². The zero-order valence-corrected chi connectivity index (χ0v) is 17.0. The first kappa shape index (κ1) is 19.3. The summed E-state index contributed by atoms with van der Waals surface area (Å²) in [4.78, 5) is 21.1. The molecule has 1 atom stereocenters. The van der Waals surface area contributed by atoms with Crippen LogP contribution >= 0.6 is 0 Å². The minimum Gasteiger partial charge on any atom is -0.497 e. The van der Waals surface area contributed by atoms with Crippen LogP contribution in [0.2, 0.25) is 0 Å². The first-order valence-electron chi connectivity index (χ1n) is 9.73. The number of amidine groups is 1. The zero-order chi connectivity index (χ0) is 20.4. The number of carbonyl (C=O) groups excluding carboxylic acids is 1. The molecule has 0 radical (unpaired) electrons. The number of piperazine rings is 1. The molecule has 7 nitrogen and oxygen atoms in total. The molecule has 152 valence electrons. The summed E-state index contributed by atoms with van der Waals surface area (Å²) < 4.78 is 10.8. The molecule has 1 unspecified atom stereocenters. The molecule has 0 spiro atoms. The molecule has 2 heterocycles. The monoisotopic (exact) mass is 394 g/mol. The second kappa shape index (κ2) is 8.13. The molecule has 1 fully saturated rings. The highest BCUT2D eigenvalue weighted by atomic mass is 16.5. The van der Waals surface area contributed by atoms with E-state index in [4.69, 9.17) is 9.47 Å². The Morgan fingerprint density at radius 3 is 2.41 bits per heavy atom. The van der Waals surface area contributed by atoms with Gasteiger partial charge < -0.3 is 29.4 Å². The Bertz CT molecular complexity index is 918. The van der Waals surface area contributed by atoms with E-state index >= 15 is 0 Å². The number of hydrogen-bond donors (Lipinski definition) is 1. The van der Waals surface area contributed by atoms with E-state index in [1.165, 1.54) is 5.69 Å². The standard InChI is InChI=1S/C22H26N4O3/c1-25-8-10-26(11-9-25)16-6-4-15(5-7-16)22-23-18-12-17(28-2)13-20(29-3)21(18)19(14-27)24-22/h4-7,12-14,19H,8-11H2,1-3H3,(H,23,24). The van der Waals surface area contributed by atoms with Gasteiger partial charge in [-0.2, -0.15) is 0 Å². The minimum absolute atomic E-state index is 0.581. The fourth-order valence-corrected chi connectivity index (χ4v) is 3.80. The van der Waals surface area contributed by atoms with E-state index in [1.54, 1.807) is 20.3 Å². The number of methoxy groups -OCH3 is 2. The third kappa shape index (κ3) is 3.78. The number of nitrogens with one attached hydrogen (secondary N) is 1. The maximum absolute atomic E-state index is 11.8. The van der Waals surface area contributed by atoms with Crippen LogP contribution in [0.25, 0.3) is 0 Å². The molecular weight excluding hydrogens is 368 g/mol. The quantitative estimate of drug-likeness (QED) is 0.787. The van der Waals surface area contributed by atoms with Crippen molar-refractivity contribution in [2.24, 2.45) is 4.99 Å². The van der Waals surface area contributed by atoms with Gasteiger partial charge in [0, 0.05) is 55.1 Å². The predicted molar refractivity (Wildman–Crippen MR) is 115 cm³/mol. The van der Waals surface area contributed by atoms with Crippen molar-refractivity contribution in [1.29, 1.82) is 0 Å². The molecule has 7 heteroatoms. The molecular formula is C22H26N4O3. The second-order valence-electron chi connectivity index (χ2n) is 7.31. The van der Waals surface area contributed by atoms with E-state index in [2.05, 4.69) is 39.3 Å². The molecule has 0 aromatic heterocycles. The maximum atomic E-state index is 11.8. The largest absolute Gasteiger partial charge is 0.497 e. The number of fused-ring (bicyclic) bond motifs is 1. The average Bonchev–Trinajstić information content (AvgIpc) is 2.78. The van der Waals surface area contributed by atoms with Crippen molar-refractivity contribution in [1.82, 2.24) is 4.90 Å². The summed E-state index contributed by atoms with van der Waals surface area (Å²) in [5.74, 6) is 1.90. The Morgan fingerprint density at radius 1 is 1.07 bits per heavy atom. The fourth-order valence-electron chi connectivity index (χ4n) is 3.80. The van der Waals surface area contributed by atoms with Crippen LogP contribution in [-0.2, 0) is 4.79 Å². The zero-order valence-electron chi connectivity index (χ0n) is 17.0. The molecule has 2 aliphatic rings. The number of aliphatic imine (C=N–C) groups is 1. The summed E-state index contributed by atoms with van der Waals surface area (Å²) in [6.45, 7) is 4.18. The van der Waals surface area contributed by atoms with Crippen molar-refractivity contribution in [2.75, 3.05) is 57.7 Å². The number of likely N-dealkylation sites (N-methyl/N-ethyl adjacent to an activating group) is 1. The van der Waals surface area contributed by atoms with Gasteiger partial charge >= 0.3 is 0 Å². The normalized spacial score (nSPS) is 19.1. The van der Waals surface area contributed by atoms with Crippen molar-refractivity contribution in [2.45, 2.75) is 6.04 Å². The van der Waals surface area contributed by atoms with Crippen molar-refractivity contribution >= 4 is 23.5 Å². The highest BCUT2D eigenvalue weighted by molar-refractivity contribution is 6.11. The second-order valence-corrected chi connectivity index (χ2v) is 7.31.